The third kappa shape index (κ3) is 5.36. The highest BCUT2D eigenvalue weighted by atomic mass is 19.1. The fraction of sp³-hybridized carbons (Fsp3) is 0.455. The van der Waals surface area contributed by atoms with Gasteiger partial charge in [-0.15, -0.1) is 0 Å². The van der Waals surface area contributed by atoms with Crippen molar-refractivity contribution >= 4 is 0 Å². The van der Waals surface area contributed by atoms with Crippen molar-refractivity contribution < 1.29 is 9.13 Å². The molecule has 0 fully saturated rings. The van der Waals surface area contributed by atoms with Crippen LogP contribution in [-0.2, 0) is 11.3 Å². The van der Waals surface area contributed by atoms with Gasteiger partial charge in [0.05, 0.1) is 6.61 Å². The van der Waals surface area contributed by atoms with Crippen molar-refractivity contribution in [3.63, 3.8) is 0 Å². The van der Waals surface area contributed by atoms with Crippen molar-refractivity contribution in [1.82, 2.24) is 0 Å². The van der Waals surface area contributed by atoms with Gasteiger partial charge in [0.1, 0.15) is 5.82 Å². The minimum absolute atomic E-state index is 0.203. The number of hydrogen-bond acceptors (Lipinski definition) is 1. The summed E-state index contributed by atoms with van der Waals surface area (Å²) in [6.45, 7) is 7.19. The Labute approximate surface area is 79.5 Å². The molecule has 74 valence electrons. The first-order valence-corrected chi connectivity index (χ1v) is 4.65. The fourth-order valence-electron chi connectivity index (χ4n) is 0.801. The van der Waals surface area contributed by atoms with E-state index in [2.05, 4.69) is 0 Å². The van der Waals surface area contributed by atoms with Gasteiger partial charge in [-0.2, -0.15) is 0 Å². The lowest BCUT2D eigenvalue weighted by molar-refractivity contribution is 0.134. The summed E-state index contributed by atoms with van der Waals surface area (Å²) in [5.41, 5.74) is 1.01. The van der Waals surface area contributed by atoms with Crippen molar-refractivity contribution in [2.24, 2.45) is 0 Å². The van der Waals surface area contributed by atoms with Crippen LogP contribution in [0.4, 0.5) is 4.39 Å². The van der Waals surface area contributed by atoms with E-state index < -0.39 is 0 Å². The predicted molar refractivity (Wildman–Crippen MR) is 53.1 cm³/mol. The van der Waals surface area contributed by atoms with Gasteiger partial charge < -0.3 is 4.74 Å². The van der Waals surface area contributed by atoms with Gasteiger partial charge in [-0.3, -0.25) is 0 Å². The summed E-state index contributed by atoms with van der Waals surface area (Å²) in [5, 5.41) is 0. The molecule has 0 saturated carbocycles. The van der Waals surface area contributed by atoms with Crippen molar-refractivity contribution in [2.75, 3.05) is 6.61 Å². The summed E-state index contributed by atoms with van der Waals surface area (Å²) < 4.78 is 17.5. The first-order valence-electron chi connectivity index (χ1n) is 4.65. The number of hydrogen-bond donors (Lipinski definition) is 0. The predicted octanol–water partition coefficient (Wildman–Crippen LogP) is 3.39. The Hall–Kier alpha value is -0.890. The number of ether oxygens (including phenoxy) is 1. The zero-order valence-corrected chi connectivity index (χ0v) is 8.51. The number of benzene rings is 1. The lowest BCUT2D eigenvalue weighted by atomic mass is 10.2. The molecule has 0 heterocycles. The molecule has 0 saturated heterocycles. The zero-order valence-electron chi connectivity index (χ0n) is 8.51. The molecule has 0 spiro atoms. The van der Waals surface area contributed by atoms with Crippen molar-refractivity contribution in [2.45, 2.75) is 27.4 Å². The Morgan fingerprint density at radius 2 is 1.69 bits per heavy atom. The van der Waals surface area contributed by atoms with E-state index in [9.17, 15) is 4.39 Å². The Balaban J connectivity index is 0.000000671. The molecular weight excluding hydrogens is 167 g/mol. The number of rotatable bonds is 3. The average Bonchev–Trinajstić information content (AvgIpc) is 2.20. The quantitative estimate of drug-likeness (QED) is 0.699. The van der Waals surface area contributed by atoms with Gasteiger partial charge in [-0.1, -0.05) is 26.0 Å². The summed E-state index contributed by atoms with van der Waals surface area (Å²) in [4.78, 5) is 0. The summed E-state index contributed by atoms with van der Waals surface area (Å²) in [6, 6.07) is 6.33. The monoisotopic (exact) mass is 184 g/mol. The number of halogens is 1. The molecule has 1 rings (SSSR count). The Kier molecular flexibility index (Phi) is 7.21. The molecule has 0 radical (unpaired) electrons. The smallest absolute Gasteiger partial charge is 0.123 e. The highest BCUT2D eigenvalue weighted by molar-refractivity contribution is 5.14. The zero-order chi connectivity index (χ0) is 10.1. The van der Waals surface area contributed by atoms with Crippen LogP contribution in [0.25, 0.3) is 0 Å². The van der Waals surface area contributed by atoms with E-state index in [-0.39, 0.29) is 5.82 Å². The second kappa shape index (κ2) is 7.74. The highest BCUT2D eigenvalue weighted by Crippen LogP contribution is 2.03. The van der Waals surface area contributed by atoms with Gasteiger partial charge in [-0.25, -0.2) is 4.39 Å². The van der Waals surface area contributed by atoms with Gasteiger partial charge >= 0.3 is 0 Å². The van der Waals surface area contributed by atoms with Crippen LogP contribution in [0.5, 0.6) is 0 Å². The van der Waals surface area contributed by atoms with E-state index >= 15 is 0 Å². The molecule has 0 aliphatic rings. The molecule has 0 amide bonds. The second-order valence-corrected chi connectivity index (χ2v) is 2.26. The van der Waals surface area contributed by atoms with Gasteiger partial charge in [0, 0.05) is 6.61 Å². The molecule has 0 bridgehead atoms. The normalized spacial score (nSPS) is 8.92. The largest absolute Gasteiger partial charge is 0.377 e. The summed E-state index contributed by atoms with van der Waals surface area (Å²) in [5.74, 6) is -0.203. The maximum atomic E-state index is 12.4. The molecule has 0 atom stereocenters. The Morgan fingerprint density at radius 1 is 1.15 bits per heavy atom. The fourth-order valence-corrected chi connectivity index (χ4v) is 0.801. The van der Waals surface area contributed by atoms with Crippen LogP contribution in [0.1, 0.15) is 26.3 Å². The molecular formula is C11H17FO. The average molecular weight is 184 g/mol. The van der Waals surface area contributed by atoms with E-state index in [1.807, 2.05) is 20.8 Å². The van der Waals surface area contributed by atoms with Gasteiger partial charge in [0.15, 0.2) is 0 Å². The molecule has 1 nitrogen and oxygen atoms in total. The second-order valence-electron chi connectivity index (χ2n) is 2.26. The summed E-state index contributed by atoms with van der Waals surface area (Å²) in [7, 11) is 0. The van der Waals surface area contributed by atoms with Crippen LogP contribution >= 0.6 is 0 Å². The summed E-state index contributed by atoms with van der Waals surface area (Å²) in [6.07, 6.45) is 0. The third-order valence-corrected chi connectivity index (χ3v) is 1.39. The highest BCUT2D eigenvalue weighted by Gasteiger charge is 1.91. The van der Waals surface area contributed by atoms with Crippen molar-refractivity contribution in [1.29, 1.82) is 0 Å². The maximum Gasteiger partial charge on any atom is 0.123 e. The van der Waals surface area contributed by atoms with Crippen LogP contribution in [0.2, 0.25) is 0 Å². The van der Waals surface area contributed by atoms with Crippen molar-refractivity contribution in [3.8, 4) is 0 Å². The van der Waals surface area contributed by atoms with E-state index in [1.54, 1.807) is 12.1 Å². The molecule has 0 N–H and O–H groups in total. The third-order valence-electron chi connectivity index (χ3n) is 1.39. The van der Waals surface area contributed by atoms with Gasteiger partial charge in [-0.05, 0) is 24.6 Å². The SMILES string of the molecule is CC.CCOCc1ccc(F)cc1. The standard InChI is InChI=1S/C9H11FO.C2H6/c1-2-11-7-8-3-5-9(10)6-4-8;1-2/h3-6H,2,7H2,1H3;1-2H3. The molecule has 0 aromatic heterocycles. The molecule has 2 heteroatoms. The van der Waals surface area contributed by atoms with Crippen LogP contribution in [0.15, 0.2) is 24.3 Å². The van der Waals surface area contributed by atoms with E-state index in [4.69, 9.17) is 4.74 Å². The molecule has 0 aliphatic carbocycles. The van der Waals surface area contributed by atoms with Gasteiger partial charge in [0.2, 0.25) is 0 Å². The minimum Gasteiger partial charge on any atom is -0.377 e. The van der Waals surface area contributed by atoms with Crippen molar-refractivity contribution in [3.05, 3.63) is 35.6 Å². The maximum absolute atomic E-state index is 12.4. The molecule has 0 aliphatic heterocycles. The molecule has 13 heavy (non-hydrogen) atoms. The first-order chi connectivity index (χ1) is 6.33. The lowest BCUT2D eigenvalue weighted by Crippen LogP contribution is -1.91. The van der Waals surface area contributed by atoms with Crippen LogP contribution in [0, 0.1) is 5.82 Å². The van der Waals surface area contributed by atoms with Crippen LogP contribution < -0.4 is 0 Å². The molecule has 1 aromatic rings. The molecule has 0 unspecified atom stereocenters. The van der Waals surface area contributed by atoms with E-state index in [0.29, 0.717) is 13.2 Å². The minimum atomic E-state index is -0.203. The molecule has 1 aromatic carbocycles. The van der Waals surface area contributed by atoms with E-state index in [0.717, 1.165) is 5.56 Å². The van der Waals surface area contributed by atoms with Crippen LogP contribution in [-0.4, -0.2) is 6.61 Å². The lowest BCUT2D eigenvalue weighted by Gasteiger charge is -1.99. The Morgan fingerprint density at radius 3 is 2.15 bits per heavy atom. The van der Waals surface area contributed by atoms with Crippen LogP contribution in [0.3, 0.4) is 0 Å². The topological polar surface area (TPSA) is 9.23 Å². The summed E-state index contributed by atoms with van der Waals surface area (Å²) >= 11 is 0. The first kappa shape index (κ1) is 12.1. The van der Waals surface area contributed by atoms with E-state index in [1.165, 1.54) is 12.1 Å². The van der Waals surface area contributed by atoms with Gasteiger partial charge in [0.25, 0.3) is 0 Å². The Bertz CT molecular complexity index is 206.